The van der Waals surface area contributed by atoms with E-state index in [1.807, 2.05) is 58.0 Å². The largest absolute Gasteiger partial charge is 0.480 e. The number of nitrogens with zero attached hydrogens (tertiary/aromatic N) is 3. The lowest BCUT2D eigenvalue weighted by atomic mass is 9.84. The number of carbonyl (C=O) groups excluding carboxylic acids is 2. The molecule has 4 aromatic rings. The molecule has 2 aromatic heterocycles. The van der Waals surface area contributed by atoms with Crippen LogP contribution in [-0.4, -0.2) is 74.6 Å². The molecule has 2 amide bonds. The third-order valence-electron chi connectivity index (χ3n) is 10.2. The first-order valence-electron chi connectivity index (χ1n) is 19.3. The molecule has 0 bridgehead atoms. The van der Waals surface area contributed by atoms with Gasteiger partial charge in [0.15, 0.2) is 0 Å². The molecule has 3 heterocycles. The molecule has 2 aromatic carbocycles. The van der Waals surface area contributed by atoms with Crippen molar-refractivity contribution in [3.8, 4) is 22.4 Å². The maximum absolute atomic E-state index is 14.7. The Morgan fingerprint density at radius 1 is 1.05 bits per heavy atom. The Bertz CT molecular complexity index is 2090. The lowest BCUT2D eigenvalue weighted by Crippen LogP contribution is -2.56. The first kappa shape index (κ1) is 43.2. The van der Waals surface area contributed by atoms with Crippen LogP contribution in [0.25, 0.3) is 33.3 Å². The van der Waals surface area contributed by atoms with Crippen molar-refractivity contribution < 1.29 is 42.9 Å². The maximum Gasteiger partial charge on any atom is 0.408 e. The Morgan fingerprint density at radius 2 is 1.77 bits per heavy atom. The van der Waals surface area contributed by atoms with Crippen LogP contribution < -0.4 is 10.7 Å². The van der Waals surface area contributed by atoms with Gasteiger partial charge in [-0.3, -0.25) is 14.8 Å². The van der Waals surface area contributed by atoms with Crippen molar-refractivity contribution in [1.29, 1.82) is 0 Å². The average Bonchev–Trinajstić information content (AvgIpc) is 3.47. The van der Waals surface area contributed by atoms with Gasteiger partial charge >= 0.3 is 12.1 Å². The van der Waals surface area contributed by atoms with Crippen molar-refractivity contribution in [2.45, 2.75) is 111 Å². The molecule has 0 spiro atoms. The van der Waals surface area contributed by atoms with Crippen LogP contribution in [0.5, 0.6) is 0 Å². The Hall–Kier alpha value is -4.92. The second-order valence-electron chi connectivity index (χ2n) is 16.4. The van der Waals surface area contributed by atoms with Gasteiger partial charge in [-0.1, -0.05) is 19.9 Å². The minimum absolute atomic E-state index is 0.0794. The molecule has 1 fully saturated rings. The zero-order valence-electron chi connectivity index (χ0n) is 34.0. The number of halogens is 2. The normalized spacial score (nSPS) is 16.1. The number of nitrogens with one attached hydrogen (secondary N) is 2. The maximum atomic E-state index is 14.7. The molecule has 57 heavy (non-hydrogen) atoms. The SMILES string of the molecule is CCn1c(-c2cccnc2[C@H](C)OC)c(CC(C)(C)CO)c2cc(-c3cc(C(F)F)cc(C(CC(=O)N4NCCC[C@H]4C(=O)O)NC(=O)OC(C)(C)C)c3)ccc21. The third kappa shape index (κ3) is 9.97. The molecule has 12 nitrogen and oxygen atoms in total. The molecule has 1 aliphatic heterocycles. The highest BCUT2D eigenvalue weighted by molar-refractivity contribution is 5.95. The standard InChI is InChI=1S/C43H55F2N5O7/c1-9-49-34-15-14-26(21-31(34)32(23-43(6,7)24-51)38(49)30-12-10-16-46-37(30)25(2)56-8)27-18-28(20-29(19-27)39(44)45)33(48-41(55)57-42(3,4)5)22-36(52)50-35(40(53)54)13-11-17-47-50/h10,12,14-16,18-21,25,33,35,39,47,51H,9,11,13,17,22-24H2,1-8H3,(H,48,55)(H,53,54)/t25-,33?,35-/m0/s1. The number of aliphatic carboxylic acids is 1. The molecule has 308 valence electrons. The molecule has 0 aliphatic carbocycles. The fraction of sp³-hybridized carbons (Fsp3) is 0.488. The number of alkyl carbamates (subject to hydrolysis) is 1. The molecule has 1 aliphatic rings. The van der Waals surface area contributed by atoms with E-state index in [0.717, 1.165) is 38.4 Å². The molecule has 14 heteroatoms. The van der Waals surface area contributed by atoms with E-state index >= 15 is 0 Å². The first-order valence-corrected chi connectivity index (χ1v) is 19.3. The van der Waals surface area contributed by atoms with Crippen molar-refractivity contribution in [2.24, 2.45) is 5.41 Å². The van der Waals surface area contributed by atoms with E-state index in [1.54, 1.807) is 40.1 Å². The number of alkyl halides is 2. The fourth-order valence-corrected chi connectivity index (χ4v) is 7.38. The van der Waals surface area contributed by atoms with E-state index in [-0.39, 0.29) is 30.3 Å². The summed E-state index contributed by atoms with van der Waals surface area (Å²) in [4.78, 5) is 43.7. The Labute approximate surface area is 332 Å². The van der Waals surface area contributed by atoms with Gasteiger partial charge in [0.25, 0.3) is 6.43 Å². The third-order valence-corrected chi connectivity index (χ3v) is 10.2. The van der Waals surface area contributed by atoms with Crippen LogP contribution in [0, 0.1) is 5.41 Å². The highest BCUT2D eigenvalue weighted by Crippen LogP contribution is 2.42. The molecule has 4 N–H and O–H groups in total. The van der Waals surface area contributed by atoms with Crippen LogP contribution in [0.4, 0.5) is 13.6 Å². The van der Waals surface area contributed by atoms with Crippen molar-refractivity contribution in [2.75, 3.05) is 20.3 Å². The second-order valence-corrected chi connectivity index (χ2v) is 16.4. The van der Waals surface area contributed by atoms with Crippen molar-refractivity contribution in [1.82, 2.24) is 25.3 Å². The lowest BCUT2D eigenvalue weighted by molar-refractivity contribution is -0.155. The molecule has 3 atom stereocenters. The number of fused-ring (bicyclic) bond motifs is 1. The van der Waals surface area contributed by atoms with Gasteiger partial charge in [0.2, 0.25) is 5.91 Å². The number of aliphatic hydroxyl groups is 1. The van der Waals surface area contributed by atoms with Gasteiger partial charge in [-0.05, 0) is 124 Å². The summed E-state index contributed by atoms with van der Waals surface area (Å²) >= 11 is 0. The minimum atomic E-state index is -2.90. The minimum Gasteiger partial charge on any atom is -0.480 e. The van der Waals surface area contributed by atoms with Crippen molar-refractivity contribution in [3.63, 3.8) is 0 Å². The number of ether oxygens (including phenoxy) is 2. The number of hydrogen-bond acceptors (Lipinski definition) is 8. The average molecular weight is 792 g/mol. The van der Waals surface area contributed by atoms with E-state index in [2.05, 4.69) is 15.3 Å². The number of hydrazine groups is 1. The summed E-state index contributed by atoms with van der Waals surface area (Å²) < 4.78 is 42.9. The van der Waals surface area contributed by atoms with Crippen molar-refractivity contribution >= 4 is 28.9 Å². The smallest absolute Gasteiger partial charge is 0.408 e. The van der Waals surface area contributed by atoms with Crippen molar-refractivity contribution in [3.05, 3.63) is 77.1 Å². The molecular formula is C43H55F2N5O7. The van der Waals surface area contributed by atoms with E-state index in [4.69, 9.17) is 14.5 Å². The van der Waals surface area contributed by atoms with Gasteiger partial charge in [-0.15, -0.1) is 0 Å². The van der Waals surface area contributed by atoms with E-state index in [0.29, 0.717) is 37.1 Å². The number of aliphatic hydroxyl groups excluding tert-OH is 1. The predicted molar refractivity (Wildman–Crippen MR) is 213 cm³/mol. The Kier molecular flexibility index (Phi) is 13.4. The lowest BCUT2D eigenvalue weighted by Gasteiger charge is -2.34. The molecule has 0 radical (unpaired) electrons. The first-order chi connectivity index (χ1) is 26.9. The Morgan fingerprint density at radius 3 is 2.40 bits per heavy atom. The topological polar surface area (TPSA) is 155 Å². The number of hydrogen-bond donors (Lipinski definition) is 4. The summed E-state index contributed by atoms with van der Waals surface area (Å²) in [6.45, 7) is 13.9. The van der Waals surface area contributed by atoms with Crippen LogP contribution in [0.3, 0.4) is 0 Å². The van der Waals surface area contributed by atoms with Gasteiger partial charge in [0, 0.05) is 55.0 Å². The zero-order valence-corrected chi connectivity index (χ0v) is 34.0. The highest BCUT2D eigenvalue weighted by Gasteiger charge is 2.35. The number of aromatic nitrogens is 2. The van der Waals surface area contributed by atoms with Crippen LogP contribution >= 0.6 is 0 Å². The second kappa shape index (κ2) is 17.7. The van der Waals surface area contributed by atoms with Crippen LogP contribution in [0.15, 0.2) is 54.7 Å². The molecule has 1 saturated heterocycles. The number of carbonyl (C=O) groups is 3. The summed E-state index contributed by atoms with van der Waals surface area (Å²) in [6.07, 6.45) is -1.53. The van der Waals surface area contributed by atoms with E-state index in [1.165, 1.54) is 12.1 Å². The van der Waals surface area contributed by atoms with Gasteiger partial charge in [-0.2, -0.15) is 0 Å². The summed E-state index contributed by atoms with van der Waals surface area (Å²) in [5, 5.41) is 24.9. The number of pyridine rings is 1. The summed E-state index contributed by atoms with van der Waals surface area (Å²) in [6, 6.07) is 11.6. The molecule has 0 saturated carbocycles. The van der Waals surface area contributed by atoms with E-state index < -0.39 is 53.9 Å². The monoisotopic (exact) mass is 791 g/mol. The summed E-state index contributed by atoms with van der Waals surface area (Å²) in [5.74, 6) is -1.81. The molecule has 5 rings (SSSR count). The van der Waals surface area contributed by atoms with Gasteiger partial charge in [-0.25, -0.2) is 23.8 Å². The molecule has 1 unspecified atom stereocenters. The van der Waals surface area contributed by atoms with E-state index in [9.17, 15) is 33.4 Å². The van der Waals surface area contributed by atoms with Gasteiger partial charge in [0.05, 0.1) is 30.0 Å². The van der Waals surface area contributed by atoms with Gasteiger partial charge < -0.3 is 29.6 Å². The number of amides is 2. The quantitative estimate of drug-likeness (QED) is 0.0991. The highest BCUT2D eigenvalue weighted by atomic mass is 19.3. The fourth-order valence-electron chi connectivity index (χ4n) is 7.38. The summed E-state index contributed by atoms with van der Waals surface area (Å²) in [7, 11) is 1.63. The van der Waals surface area contributed by atoms with Gasteiger partial charge in [0.1, 0.15) is 11.6 Å². The predicted octanol–water partition coefficient (Wildman–Crippen LogP) is 8.13. The van der Waals surface area contributed by atoms with Crippen LogP contribution in [-0.2, 0) is 32.0 Å². The van der Waals surface area contributed by atoms with Crippen LogP contribution in [0.1, 0.15) is 109 Å². The number of methoxy groups -OCH3 is 1. The molecular weight excluding hydrogens is 736 g/mol. The number of aryl methyl sites for hydroxylation is 1. The number of rotatable bonds is 14. The summed E-state index contributed by atoms with van der Waals surface area (Å²) in [5.41, 5.74) is 6.76. The van der Waals surface area contributed by atoms with Crippen LogP contribution in [0.2, 0.25) is 0 Å². The number of carboxylic acids is 1. The Balaban J connectivity index is 1.70. The number of benzene rings is 2. The number of carboxylic acid groups (broad SMARTS) is 1. The zero-order chi connectivity index (χ0) is 41.8.